The summed E-state index contributed by atoms with van der Waals surface area (Å²) in [6.45, 7) is 5.65. The summed E-state index contributed by atoms with van der Waals surface area (Å²) >= 11 is 0. The molecule has 3 atom stereocenters. The average molecular weight is 357 g/mol. The van der Waals surface area contributed by atoms with Crippen molar-refractivity contribution in [3.05, 3.63) is 35.4 Å². The van der Waals surface area contributed by atoms with Gasteiger partial charge < -0.3 is 10.6 Å². The zero-order valence-electron chi connectivity index (χ0n) is 15.7. The van der Waals surface area contributed by atoms with Crippen LogP contribution in [0.4, 0.5) is 4.79 Å². The number of carbonyl (C=O) groups excluding carboxylic acids is 3. The predicted molar refractivity (Wildman–Crippen MR) is 98.3 cm³/mol. The zero-order valence-corrected chi connectivity index (χ0v) is 15.7. The maximum Gasteiger partial charge on any atom is 0.325 e. The van der Waals surface area contributed by atoms with Crippen molar-refractivity contribution in [3.63, 3.8) is 0 Å². The maximum atomic E-state index is 12.9. The molecule has 1 aliphatic heterocycles. The minimum Gasteiger partial charge on any atom is -0.348 e. The van der Waals surface area contributed by atoms with Crippen molar-refractivity contribution < 1.29 is 14.4 Å². The van der Waals surface area contributed by atoms with Gasteiger partial charge in [-0.05, 0) is 43.7 Å². The van der Waals surface area contributed by atoms with Gasteiger partial charge in [0.2, 0.25) is 5.91 Å². The van der Waals surface area contributed by atoms with E-state index in [1.54, 1.807) is 0 Å². The first-order chi connectivity index (χ1) is 12.3. The van der Waals surface area contributed by atoms with E-state index in [4.69, 9.17) is 0 Å². The molecule has 6 nitrogen and oxygen atoms in total. The molecule has 140 valence electrons. The number of imide groups is 1. The van der Waals surface area contributed by atoms with Crippen LogP contribution in [0.3, 0.4) is 0 Å². The fourth-order valence-electron chi connectivity index (χ4n) is 4.22. The van der Waals surface area contributed by atoms with Gasteiger partial charge in [-0.3, -0.25) is 14.5 Å². The third-order valence-electron chi connectivity index (χ3n) is 5.84. The van der Waals surface area contributed by atoms with Crippen molar-refractivity contribution in [2.75, 3.05) is 6.54 Å². The zero-order chi connectivity index (χ0) is 18.9. The van der Waals surface area contributed by atoms with Crippen LogP contribution in [0.15, 0.2) is 24.3 Å². The Kier molecular flexibility index (Phi) is 5.03. The Morgan fingerprint density at radius 3 is 2.77 bits per heavy atom. The summed E-state index contributed by atoms with van der Waals surface area (Å²) in [6, 6.07) is 7.19. The summed E-state index contributed by atoms with van der Waals surface area (Å²) < 4.78 is 0. The maximum absolute atomic E-state index is 12.9. The number of rotatable bonds is 4. The van der Waals surface area contributed by atoms with E-state index in [1.165, 1.54) is 0 Å². The third kappa shape index (κ3) is 3.20. The molecule has 0 aromatic heterocycles. The van der Waals surface area contributed by atoms with E-state index in [0.29, 0.717) is 6.42 Å². The Balaban J connectivity index is 1.67. The molecule has 2 N–H and O–H groups in total. The molecule has 1 aliphatic carbocycles. The van der Waals surface area contributed by atoms with E-state index >= 15 is 0 Å². The molecule has 1 spiro atoms. The lowest BCUT2D eigenvalue weighted by Crippen LogP contribution is -2.54. The summed E-state index contributed by atoms with van der Waals surface area (Å²) in [5, 5.41) is 5.77. The minimum atomic E-state index is -0.822. The molecule has 0 radical (unpaired) electrons. The molecule has 2 aliphatic rings. The van der Waals surface area contributed by atoms with E-state index in [-0.39, 0.29) is 30.3 Å². The third-order valence-corrected chi connectivity index (χ3v) is 5.84. The highest BCUT2D eigenvalue weighted by molar-refractivity contribution is 6.09. The van der Waals surface area contributed by atoms with Crippen LogP contribution in [-0.4, -0.2) is 34.8 Å². The van der Waals surface area contributed by atoms with Crippen molar-refractivity contribution >= 4 is 17.8 Å². The first-order valence-corrected chi connectivity index (χ1v) is 9.34. The highest BCUT2D eigenvalue weighted by Crippen LogP contribution is 2.38. The highest BCUT2D eigenvalue weighted by atomic mass is 16.2. The first kappa shape index (κ1) is 18.4. The molecule has 0 bridgehead atoms. The molecule has 1 saturated carbocycles. The van der Waals surface area contributed by atoms with Gasteiger partial charge in [0.1, 0.15) is 12.1 Å². The van der Waals surface area contributed by atoms with Gasteiger partial charge in [0.15, 0.2) is 0 Å². The summed E-state index contributed by atoms with van der Waals surface area (Å²) in [6.07, 6.45) is 3.55. The molecular formula is C20H27N3O3. The molecule has 3 unspecified atom stereocenters. The SMILES string of the molecule is Cc1ccccc1C(C)NC(=O)CN1C(=O)NC2(CCCCC2C)C1=O. The smallest absolute Gasteiger partial charge is 0.325 e. The Bertz CT molecular complexity index is 733. The number of benzene rings is 1. The second kappa shape index (κ2) is 7.09. The molecule has 1 heterocycles. The van der Waals surface area contributed by atoms with Crippen molar-refractivity contribution in [2.24, 2.45) is 5.92 Å². The number of carbonyl (C=O) groups is 3. The Morgan fingerprint density at radius 2 is 2.08 bits per heavy atom. The van der Waals surface area contributed by atoms with Crippen LogP contribution < -0.4 is 10.6 Å². The largest absolute Gasteiger partial charge is 0.348 e. The second-order valence-corrected chi connectivity index (χ2v) is 7.59. The quantitative estimate of drug-likeness (QED) is 0.813. The van der Waals surface area contributed by atoms with Gasteiger partial charge in [0, 0.05) is 0 Å². The number of hydrogen-bond acceptors (Lipinski definition) is 3. The molecule has 1 aromatic rings. The minimum absolute atomic E-state index is 0.0895. The molecule has 3 rings (SSSR count). The first-order valence-electron chi connectivity index (χ1n) is 9.34. The van der Waals surface area contributed by atoms with Gasteiger partial charge in [-0.2, -0.15) is 0 Å². The van der Waals surface area contributed by atoms with Gasteiger partial charge in [-0.25, -0.2) is 4.79 Å². The van der Waals surface area contributed by atoms with E-state index in [9.17, 15) is 14.4 Å². The topological polar surface area (TPSA) is 78.5 Å². The Morgan fingerprint density at radius 1 is 1.35 bits per heavy atom. The van der Waals surface area contributed by atoms with Crippen LogP contribution >= 0.6 is 0 Å². The van der Waals surface area contributed by atoms with Gasteiger partial charge >= 0.3 is 6.03 Å². The van der Waals surface area contributed by atoms with Crippen LogP contribution in [-0.2, 0) is 9.59 Å². The molecule has 26 heavy (non-hydrogen) atoms. The monoisotopic (exact) mass is 357 g/mol. The summed E-state index contributed by atoms with van der Waals surface area (Å²) in [4.78, 5) is 38.8. The van der Waals surface area contributed by atoms with E-state index in [2.05, 4.69) is 10.6 Å². The second-order valence-electron chi connectivity index (χ2n) is 7.59. The van der Waals surface area contributed by atoms with E-state index < -0.39 is 11.6 Å². The lowest BCUT2D eigenvalue weighted by molar-refractivity contribution is -0.137. The number of nitrogens with one attached hydrogen (secondary N) is 2. The Labute approximate surface area is 154 Å². The van der Waals surface area contributed by atoms with Crippen LogP contribution in [0.1, 0.15) is 56.7 Å². The summed E-state index contributed by atoms with van der Waals surface area (Å²) in [5.41, 5.74) is 1.29. The Hall–Kier alpha value is -2.37. The molecule has 4 amide bonds. The van der Waals surface area contributed by atoms with Gasteiger partial charge in [-0.1, -0.05) is 44.0 Å². The molecule has 1 aromatic carbocycles. The number of urea groups is 1. The van der Waals surface area contributed by atoms with Crippen LogP contribution in [0.2, 0.25) is 0 Å². The lowest BCUT2D eigenvalue weighted by atomic mass is 9.73. The van der Waals surface area contributed by atoms with Crippen molar-refractivity contribution in [1.82, 2.24) is 15.5 Å². The number of hydrogen-bond donors (Lipinski definition) is 2. The van der Waals surface area contributed by atoms with Gasteiger partial charge in [0.25, 0.3) is 5.91 Å². The molecular weight excluding hydrogens is 330 g/mol. The van der Waals surface area contributed by atoms with Gasteiger partial charge in [-0.15, -0.1) is 0 Å². The van der Waals surface area contributed by atoms with Gasteiger partial charge in [0.05, 0.1) is 6.04 Å². The van der Waals surface area contributed by atoms with Crippen molar-refractivity contribution in [1.29, 1.82) is 0 Å². The normalized spacial score (nSPS) is 26.7. The fourth-order valence-corrected chi connectivity index (χ4v) is 4.22. The standard InChI is InChI=1S/C20H27N3O3/c1-13-8-4-5-10-16(13)15(3)21-17(24)12-23-18(25)20(22-19(23)26)11-7-6-9-14(20)2/h4-5,8,10,14-15H,6-7,9,11-12H2,1-3H3,(H,21,24)(H,22,26). The number of aryl methyl sites for hydroxylation is 1. The highest BCUT2D eigenvalue weighted by Gasteiger charge is 2.55. The van der Waals surface area contributed by atoms with Crippen LogP contribution in [0.5, 0.6) is 0 Å². The van der Waals surface area contributed by atoms with E-state index in [0.717, 1.165) is 35.3 Å². The summed E-state index contributed by atoms with van der Waals surface area (Å²) in [5.74, 6) is -0.496. The fraction of sp³-hybridized carbons (Fsp3) is 0.550. The molecule has 2 fully saturated rings. The van der Waals surface area contributed by atoms with Crippen LogP contribution in [0, 0.1) is 12.8 Å². The number of nitrogens with zero attached hydrogens (tertiary/aromatic N) is 1. The lowest BCUT2D eigenvalue weighted by Gasteiger charge is -2.36. The number of amides is 4. The van der Waals surface area contributed by atoms with Crippen molar-refractivity contribution in [3.8, 4) is 0 Å². The molecule has 1 saturated heterocycles. The van der Waals surface area contributed by atoms with Crippen LogP contribution in [0.25, 0.3) is 0 Å². The van der Waals surface area contributed by atoms with Crippen molar-refractivity contribution in [2.45, 2.75) is 58.0 Å². The van der Waals surface area contributed by atoms with E-state index in [1.807, 2.05) is 45.0 Å². The molecule has 6 heteroatoms. The summed E-state index contributed by atoms with van der Waals surface area (Å²) in [7, 11) is 0. The predicted octanol–water partition coefficient (Wildman–Crippen LogP) is 2.67. The average Bonchev–Trinajstić information content (AvgIpc) is 2.83.